The standard InChI is InChI=1S/C12H14N4OS/c1-14-11(17)9-10(13)15-12(18-9)16(2)8-6-4-3-5-7-8/h3-7H,13H2,1-2H3,(H,14,17). The number of hydrogen-bond acceptors (Lipinski definition) is 5. The van der Waals surface area contributed by atoms with E-state index in [9.17, 15) is 4.79 Å². The second kappa shape index (κ2) is 5.05. The summed E-state index contributed by atoms with van der Waals surface area (Å²) in [4.78, 5) is 18.1. The Balaban J connectivity index is 2.32. The summed E-state index contributed by atoms with van der Waals surface area (Å²) in [6.45, 7) is 0. The first-order chi connectivity index (χ1) is 8.63. The van der Waals surface area contributed by atoms with E-state index in [-0.39, 0.29) is 11.7 Å². The summed E-state index contributed by atoms with van der Waals surface area (Å²) in [6, 6.07) is 9.78. The highest BCUT2D eigenvalue weighted by Gasteiger charge is 2.17. The minimum absolute atomic E-state index is 0.210. The van der Waals surface area contributed by atoms with Crippen molar-refractivity contribution in [1.82, 2.24) is 10.3 Å². The minimum Gasteiger partial charge on any atom is -0.382 e. The first-order valence-electron chi connectivity index (χ1n) is 5.40. The largest absolute Gasteiger partial charge is 0.382 e. The highest BCUT2D eigenvalue weighted by Crippen LogP contribution is 2.31. The predicted molar refractivity (Wildman–Crippen MR) is 74.4 cm³/mol. The summed E-state index contributed by atoms with van der Waals surface area (Å²) >= 11 is 1.27. The molecule has 0 aliphatic carbocycles. The zero-order valence-electron chi connectivity index (χ0n) is 10.2. The molecule has 94 valence electrons. The molecule has 1 aromatic heterocycles. The molecule has 1 amide bonds. The molecule has 0 saturated carbocycles. The van der Waals surface area contributed by atoms with E-state index in [1.807, 2.05) is 42.3 Å². The average Bonchev–Trinajstić information content (AvgIpc) is 2.80. The molecule has 2 rings (SSSR count). The highest BCUT2D eigenvalue weighted by atomic mass is 32.1. The van der Waals surface area contributed by atoms with E-state index < -0.39 is 0 Å². The molecule has 0 atom stereocenters. The third-order valence-electron chi connectivity index (χ3n) is 2.51. The number of aromatic nitrogens is 1. The van der Waals surface area contributed by atoms with Crippen molar-refractivity contribution in [2.75, 3.05) is 24.7 Å². The minimum atomic E-state index is -0.210. The van der Waals surface area contributed by atoms with Gasteiger partial charge in [-0.05, 0) is 12.1 Å². The van der Waals surface area contributed by atoms with Crippen LogP contribution in [0.4, 0.5) is 16.6 Å². The van der Waals surface area contributed by atoms with E-state index in [0.717, 1.165) is 5.69 Å². The van der Waals surface area contributed by atoms with E-state index in [4.69, 9.17) is 5.73 Å². The van der Waals surface area contributed by atoms with Gasteiger partial charge in [0.15, 0.2) is 5.13 Å². The molecule has 1 aromatic carbocycles. The molecule has 1 heterocycles. The molecule has 0 unspecified atom stereocenters. The van der Waals surface area contributed by atoms with Gasteiger partial charge in [0.2, 0.25) is 0 Å². The summed E-state index contributed by atoms with van der Waals surface area (Å²) in [5.41, 5.74) is 6.74. The number of carbonyl (C=O) groups excluding carboxylic acids is 1. The Morgan fingerprint density at radius 1 is 1.39 bits per heavy atom. The van der Waals surface area contributed by atoms with Gasteiger partial charge in [-0.3, -0.25) is 4.79 Å². The maximum atomic E-state index is 11.6. The van der Waals surface area contributed by atoms with E-state index in [1.165, 1.54) is 11.3 Å². The quantitative estimate of drug-likeness (QED) is 0.885. The normalized spacial score (nSPS) is 10.1. The van der Waals surface area contributed by atoms with Crippen molar-refractivity contribution < 1.29 is 4.79 Å². The fraction of sp³-hybridized carbons (Fsp3) is 0.167. The van der Waals surface area contributed by atoms with Crippen molar-refractivity contribution in [2.24, 2.45) is 0 Å². The number of nitrogen functional groups attached to an aromatic ring is 1. The molecule has 0 radical (unpaired) electrons. The molecular formula is C12H14N4OS. The third-order valence-corrected chi connectivity index (χ3v) is 3.65. The fourth-order valence-electron chi connectivity index (χ4n) is 1.50. The van der Waals surface area contributed by atoms with Gasteiger partial charge < -0.3 is 16.0 Å². The Bertz CT molecular complexity index is 552. The molecule has 0 bridgehead atoms. The van der Waals surface area contributed by atoms with Crippen molar-refractivity contribution in [3.05, 3.63) is 35.2 Å². The monoisotopic (exact) mass is 262 g/mol. The van der Waals surface area contributed by atoms with Gasteiger partial charge >= 0.3 is 0 Å². The Kier molecular flexibility index (Phi) is 3.47. The van der Waals surface area contributed by atoms with Gasteiger partial charge in [0.25, 0.3) is 5.91 Å². The van der Waals surface area contributed by atoms with Gasteiger partial charge in [-0.2, -0.15) is 0 Å². The van der Waals surface area contributed by atoms with Crippen LogP contribution < -0.4 is 16.0 Å². The molecule has 0 spiro atoms. The number of para-hydroxylation sites is 1. The Hall–Kier alpha value is -2.08. The predicted octanol–water partition coefficient (Wildman–Crippen LogP) is 1.85. The van der Waals surface area contributed by atoms with Crippen molar-refractivity contribution in [3.8, 4) is 0 Å². The summed E-state index contributed by atoms with van der Waals surface area (Å²) < 4.78 is 0. The molecule has 6 heteroatoms. The Morgan fingerprint density at radius 3 is 2.67 bits per heavy atom. The van der Waals surface area contributed by atoms with E-state index in [1.54, 1.807) is 7.05 Å². The van der Waals surface area contributed by atoms with Crippen LogP contribution in [0.15, 0.2) is 30.3 Å². The molecule has 0 aliphatic rings. The summed E-state index contributed by atoms with van der Waals surface area (Å²) in [5, 5.41) is 3.24. The molecule has 2 aromatic rings. The van der Waals surface area contributed by atoms with Crippen LogP contribution in [0.25, 0.3) is 0 Å². The second-order valence-corrected chi connectivity index (χ2v) is 4.66. The van der Waals surface area contributed by atoms with Gasteiger partial charge in [0.05, 0.1) is 0 Å². The lowest BCUT2D eigenvalue weighted by atomic mass is 10.3. The maximum absolute atomic E-state index is 11.6. The van der Waals surface area contributed by atoms with Crippen molar-refractivity contribution >= 4 is 33.9 Å². The van der Waals surface area contributed by atoms with Gasteiger partial charge in [0, 0.05) is 19.8 Å². The first-order valence-corrected chi connectivity index (χ1v) is 6.22. The SMILES string of the molecule is CNC(=O)c1sc(N(C)c2ccccc2)nc1N. The number of thiazole rings is 1. The number of anilines is 3. The van der Waals surface area contributed by atoms with E-state index in [2.05, 4.69) is 10.3 Å². The van der Waals surface area contributed by atoms with Crippen LogP contribution in [-0.2, 0) is 0 Å². The van der Waals surface area contributed by atoms with Gasteiger partial charge in [-0.25, -0.2) is 4.98 Å². The third kappa shape index (κ3) is 2.28. The molecule has 3 N–H and O–H groups in total. The van der Waals surface area contributed by atoms with E-state index in [0.29, 0.717) is 10.0 Å². The number of rotatable bonds is 3. The topological polar surface area (TPSA) is 71.2 Å². The molecular weight excluding hydrogens is 248 g/mol. The molecule has 0 saturated heterocycles. The summed E-state index contributed by atoms with van der Waals surface area (Å²) in [5.74, 6) is 0.0508. The number of amides is 1. The molecule has 18 heavy (non-hydrogen) atoms. The first kappa shape index (κ1) is 12.4. The van der Waals surface area contributed by atoms with Crippen LogP contribution in [0.5, 0.6) is 0 Å². The maximum Gasteiger partial charge on any atom is 0.265 e. The van der Waals surface area contributed by atoms with Crippen LogP contribution in [0.1, 0.15) is 9.67 Å². The van der Waals surface area contributed by atoms with Crippen molar-refractivity contribution in [1.29, 1.82) is 0 Å². The summed E-state index contributed by atoms with van der Waals surface area (Å²) in [6.07, 6.45) is 0. The number of nitrogens with zero attached hydrogens (tertiary/aromatic N) is 2. The zero-order chi connectivity index (χ0) is 13.1. The number of benzene rings is 1. The molecule has 0 fully saturated rings. The number of nitrogens with one attached hydrogen (secondary N) is 1. The summed E-state index contributed by atoms with van der Waals surface area (Å²) in [7, 11) is 3.46. The van der Waals surface area contributed by atoms with Crippen LogP contribution in [0.3, 0.4) is 0 Å². The molecule has 0 aliphatic heterocycles. The second-order valence-electron chi connectivity index (χ2n) is 3.68. The number of hydrogen-bond donors (Lipinski definition) is 2. The molecule has 5 nitrogen and oxygen atoms in total. The average molecular weight is 262 g/mol. The van der Waals surface area contributed by atoms with Crippen LogP contribution in [-0.4, -0.2) is 25.0 Å². The lowest BCUT2D eigenvalue weighted by Gasteiger charge is -2.15. The lowest BCUT2D eigenvalue weighted by Crippen LogP contribution is -2.17. The van der Waals surface area contributed by atoms with Gasteiger partial charge in [-0.15, -0.1) is 0 Å². The zero-order valence-corrected chi connectivity index (χ0v) is 11.0. The van der Waals surface area contributed by atoms with Gasteiger partial charge in [-0.1, -0.05) is 29.5 Å². The number of nitrogens with two attached hydrogens (primary N) is 1. The Morgan fingerprint density at radius 2 is 2.06 bits per heavy atom. The smallest absolute Gasteiger partial charge is 0.265 e. The van der Waals surface area contributed by atoms with Crippen LogP contribution >= 0.6 is 11.3 Å². The Labute approximate surface area is 109 Å². The number of carbonyl (C=O) groups is 1. The van der Waals surface area contributed by atoms with Crippen LogP contribution in [0.2, 0.25) is 0 Å². The van der Waals surface area contributed by atoms with Crippen molar-refractivity contribution in [3.63, 3.8) is 0 Å². The highest BCUT2D eigenvalue weighted by molar-refractivity contribution is 7.18. The van der Waals surface area contributed by atoms with Crippen molar-refractivity contribution in [2.45, 2.75) is 0 Å². The fourth-order valence-corrected chi connectivity index (χ4v) is 2.42. The lowest BCUT2D eigenvalue weighted by molar-refractivity contribution is 0.0968. The van der Waals surface area contributed by atoms with Gasteiger partial charge in [0.1, 0.15) is 10.7 Å². The van der Waals surface area contributed by atoms with Crippen LogP contribution in [0, 0.1) is 0 Å². The van der Waals surface area contributed by atoms with E-state index >= 15 is 0 Å².